The SMILES string of the molecule is CC1=CC(C)C([Si]c2cccc(-c3cc(C)cc(C)c3)c2-c2cc(C)cc(C)c2)=C1C. The molecule has 0 aromatic heterocycles. The van der Waals surface area contributed by atoms with Gasteiger partial charge >= 0.3 is 0 Å². The molecular formula is C30H32Si. The summed E-state index contributed by atoms with van der Waals surface area (Å²) in [5, 5.41) is 3.03. The third kappa shape index (κ3) is 4.38. The number of benzene rings is 3. The van der Waals surface area contributed by atoms with Crippen LogP contribution in [0.1, 0.15) is 43.0 Å². The number of hydrogen-bond acceptors (Lipinski definition) is 0. The molecule has 1 aliphatic rings. The lowest BCUT2D eigenvalue weighted by atomic mass is 9.91. The van der Waals surface area contributed by atoms with Gasteiger partial charge in [0.1, 0.15) is 9.52 Å². The molecule has 0 fully saturated rings. The molecular weight excluding hydrogens is 388 g/mol. The van der Waals surface area contributed by atoms with Crippen LogP contribution in [-0.4, -0.2) is 9.52 Å². The topological polar surface area (TPSA) is 0 Å². The van der Waals surface area contributed by atoms with Crippen LogP contribution in [0.25, 0.3) is 22.3 Å². The van der Waals surface area contributed by atoms with Crippen LogP contribution in [0.15, 0.2) is 77.0 Å². The number of aryl methyl sites for hydroxylation is 4. The first kappa shape index (κ1) is 21.6. The standard InChI is InChI=1S/C30H32Si/c1-18-11-19(2)14-25(13-18)27-9-8-10-28(31-30-23(6)17-22(5)24(30)7)29(27)26-15-20(3)12-21(4)16-26/h8-17,23H,1-7H3. The number of rotatable bonds is 4. The van der Waals surface area contributed by atoms with E-state index < -0.39 is 0 Å². The van der Waals surface area contributed by atoms with Gasteiger partial charge in [-0.15, -0.1) is 0 Å². The Morgan fingerprint density at radius 1 is 0.677 bits per heavy atom. The van der Waals surface area contributed by atoms with Gasteiger partial charge in [-0.25, -0.2) is 0 Å². The van der Waals surface area contributed by atoms with Gasteiger partial charge in [-0.2, -0.15) is 0 Å². The van der Waals surface area contributed by atoms with E-state index in [0.717, 1.165) is 0 Å². The number of allylic oxidation sites excluding steroid dienone is 4. The molecule has 1 heteroatoms. The van der Waals surface area contributed by atoms with Crippen LogP contribution in [0.4, 0.5) is 0 Å². The summed E-state index contributed by atoms with van der Waals surface area (Å²) in [6.45, 7) is 15.7. The molecule has 156 valence electrons. The molecule has 0 N–H and O–H groups in total. The summed E-state index contributed by atoms with van der Waals surface area (Å²) in [5.41, 5.74) is 13.6. The van der Waals surface area contributed by atoms with Gasteiger partial charge in [-0.3, -0.25) is 0 Å². The normalized spacial score (nSPS) is 16.1. The fourth-order valence-electron chi connectivity index (χ4n) is 4.95. The van der Waals surface area contributed by atoms with E-state index in [1.54, 1.807) is 5.20 Å². The van der Waals surface area contributed by atoms with Crippen LogP contribution in [-0.2, 0) is 0 Å². The molecule has 0 bridgehead atoms. The summed E-state index contributed by atoms with van der Waals surface area (Å²) < 4.78 is 0. The van der Waals surface area contributed by atoms with Gasteiger partial charge < -0.3 is 0 Å². The first-order valence-electron chi connectivity index (χ1n) is 11.2. The maximum Gasteiger partial charge on any atom is 0.117 e. The lowest BCUT2D eigenvalue weighted by Gasteiger charge is -2.19. The Kier molecular flexibility index (Phi) is 5.90. The maximum atomic E-state index is 2.42. The molecule has 0 aliphatic heterocycles. The van der Waals surface area contributed by atoms with Gasteiger partial charge in [0.15, 0.2) is 0 Å². The van der Waals surface area contributed by atoms with Gasteiger partial charge in [0, 0.05) is 0 Å². The Hall–Kier alpha value is -2.64. The van der Waals surface area contributed by atoms with Crippen molar-refractivity contribution >= 4 is 14.7 Å². The molecule has 0 spiro atoms. The molecule has 0 heterocycles. The van der Waals surface area contributed by atoms with Crippen molar-refractivity contribution in [1.82, 2.24) is 0 Å². The van der Waals surface area contributed by atoms with Crippen molar-refractivity contribution in [3.8, 4) is 22.3 Å². The molecule has 1 unspecified atom stereocenters. The lowest BCUT2D eigenvalue weighted by molar-refractivity contribution is 0.928. The largest absolute Gasteiger partial charge is 0.117 e. The van der Waals surface area contributed by atoms with Crippen LogP contribution in [0.5, 0.6) is 0 Å². The first-order valence-corrected chi connectivity index (χ1v) is 12.2. The molecule has 4 rings (SSSR count). The van der Waals surface area contributed by atoms with Crippen molar-refractivity contribution in [3.63, 3.8) is 0 Å². The summed E-state index contributed by atoms with van der Waals surface area (Å²) in [7, 11) is 0.686. The Morgan fingerprint density at radius 3 is 1.74 bits per heavy atom. The highest BCUT2D eigenvalue weighted by atomic mass is 28.2. The Bertz CT molecular complexity index is 1180. The van der Waals surface area contributed by atoms with Crippen molar-refractivity contribution in [3.05, 3.63) is 99.3 Å². The average molecular weight is 421 g/mol. The molecule has 3 aromatic carbocycles. The molecule has 0 amide bonds. The second-order valence-electron chi connectivity index (χ2n) is 9.28. The summed E-state index contributed by atoms with van der Waals surface area (Å²) in [6.07, 6.45) is 2.42. The minimum Gasteiger partial charge on any atom is -0.0748 e. The minimum absolute atomic E-state index is 0.523. The Balaban J connectivity index is 1.96. The third-order valence-corrected chi connectivity index (χ3v) is 8.11. The smallest absolute Gasteiger partial charge is 0.0748 e. The molecule has 0 nitrogen and oxygen atoms in total. The van der Waals surface area contributed by atoms with Gasteiger partial charge in [-0.1, -0.05) is 111 Å². The summed E-state index contributed by atoms with van der Waals surface area (Å²) in [6, 6.07) is 20.8. The molecule has 1 atom stereocenters. The Morgan fingerprint density at radius 2 is 1.23 bits per heavy atom. The van der Waals surface area contributed by atoms with Gasteiger partial charge in [0.25, 0.3) is 0 Å². The highest BCUT2D eigenvalue weighted by Gasteiger charge is 2.22. The van der Waals surface area contributed by atoms with E-state index in [4.69, 9.17) is 0 Å². The van der Waals surface area contributed by atoms with Crippen LogP contribution in [0, 0.1) is 33.6 Å². The zero-order valence-corrected chi connectivity index (χ0v) is 20.9. The summed E-state index contributed by atoms with van der Waals surface area (Å²) in [4.78, 5) is 0. The predicted octanol–water partition coefficient (Wildman–Crippen LogP) is 7.45. The second kappa shape index (κ2) is 8.47. The van der Waals surface area contributed by atoms with E-state index in [1.807, 2.05) is 0 Å². The van der Waals surface area contributed by atoms with Crippen LogP contribution >= 0.6 is 0 Å². The predicted molar refractivity (Wildman–Crippen MR) is 137 cm³/mol. The minimum atomic E-state index is 0.523. The average Bonchev–Trinajstić information content (AvgIpc) is 2.92. The number of hydrogen-bond donors (Lipinski definition) is 0. The highest BCUT2D eigenvalue weighted by Crippen LogP contribution is 2.35. The third-order valence-electron chi connectivity index (χ3n) is 6.33. The van der Waals surface area contributed by atoms with Crippen molar-refractivity contribution in [2.45, 2.75) is 48.5 Å². The quantitative estimate of drug-likeness (QED) is 0.384. The fraction of sp³-hybridized carbons (Fsp3) is 0.267. The highest BCUT2D eigenvalue weighted by molar-refractivity contribution is 6.63. The van der Waals surface area contributed by atoms with E-state index in [9.17, 15) is 0 Å². The van der Waals surface area contributed by atoms with Gasteiger partial charge in [0.2, 0.25) is 0 Å². The zero-order valence-electron chi connectivity index (χ0n) is 19.9. The molecule has 0 saturated carbocycles. The van der Waals surface area contributed by atoms with E-state index in [1.165, 1.54) is 60.8 Å². The second-order valence-corrected chi connectivity index (χ2v) is 10.6. The van der Waals surface area contributed by atoms with E-state index in [-0.39, 0.29) is 0 Å². The molecule has 3 aromatic rings. The van der Waals surface area contributed by atoms with Crippen molar-refractivity contribution < 1.29 is 0 Å². The van der Waals surface area contributed by atoms with Crippen molar-refractivity contribution in [2.75, 3.05) is 0 Å². The van der Waals surface area contributed by atoms with Crippen molar-refractivity contribution in [2.24, 2.45) is 5.92 Å². The van der Waals surface area contributed by atoms with Crippen molar-refractivity contribution in [1.29, 1.82) is 0 Å². The molecule has 31 heavy (non-hydrogen) atoms. The van der Waals surface area contributed by atoms with E-state index >= 15 is 0 Å². The molecule has 2 radical (unpaired) electrons. The van der Waals surface area contributed by atoms with Gasteiger partial charge in [-0.05, 0) is 69.7 Å². The summed E-state index contributed by atoms with van der Waals surface area (Å²) in [5.74, 6) is 0.523. The first-order chi connectivity index (χ1) is 14.7. The van der Waals surface area contributed by atoms with E-state index in [2.05, 4.69) is 109 Å². The van der Waals surface area contributed by atoms with E-state index in [0.29, 0.717) is 15.4 Å². The Labute approximate surface area is 190 Å². The van der Waals surface area contributed by atoms with Crippen LogP contribution < -0.4 is 5.19 Å². The lowest BCUT2D eigenvalue weighted by Crippen LogP contribution is -2.22. The zero-order chi connectivity index (χ0) is 22.3. The van der Waals surface area contributed by atoms with Crippen LogP contribution in [0.3, 0.4) is 0 Å². The molecule has 0 saturated heterocycles. The fourth-order valence-corrected chi connectivity index (χ4v) is 6.52. The molecule has 1 aliphatic carbocycles. The maximum absolute atomic E-state index is 2.42. The van der Waals surface area contributed by atoms with Gasteiger partial charge in [0.05, 0.1) is 0 Å². The summed E-state index contributed by atoms with van der Waals surface area (Å²) >= 11 is 0. The van der Waals surface area contributed by atoms with Crippen LogP contribution in [0.2, 0.25) is 0 Å². The monoisotopic (exact) mass is 420 g/mol.